The molecule has 20 heavy (non-hydrogen) atoms. The number of hydrogen-bond donors (Lipinski definition) is 1. The molecule has 0 saturated heterocycles. The van der Waals surface area contributed by atoms with Crippen LogP contribution in [-0.4, -0.2) is 13.7 Å². The van der Waals surface area contributed by atoms with E-state index < -0.39 is 0 Å². The lowest BCUT2D eigenvalue weighted by atomic mass is 9.89. The largest absolute Gasteiger partial charge is 0.491 e. The van der Waals surface area contributed by atoms with Gasteiger partial charge in [0.05, 0.1) is 18.7 Å². The van der Waals surface area contributed by atoms with E-state index in [1.54, 1.807) is 7.11 Å². The van der Waals surface area contributed by atoms with E-state index in [9.17, 15) is 0 Å². The zero-order valence-corrected chi connectivity index (χ0v) is 12.7. The third kappa shape index (κ3) is 2.75. The van der Waals surface area contributed by atoms with Gasteiger partial charge in [-0.3, -0.25) is 0 Å². The molecule has 2 fully saturated rings. The first-order valence-corrected chi connectivity index (χ1v) is 7.80. The van der Waals surface area contributed by atoms with Crippen molar-refractivity contribution >= 4 is 11.6 Å². The molecule has 0 aromatic heterocycles. The molecule has 0 bridgehead atoms. The number of methoxy groups -OCH3 is 1. The molecule has 0 aliphatic heterocycles. The van der Waals surface area contributed by atoms with Crippen molar-refractivity contribution in [3.63, 3.8) is 0 Å². The molecular formula is C16H22ClNO2. The number of halogens is 1. The molecule has 0 radical (unpaired) electrons. The Hall–Kier alpha value is -0.930. The van der Waals surface area contributed by atoms with E-state index in [1.165, 1.54) is 25.7 Å². The molecule has 0 heterocycles. The molecule has 0 spiro atoms. The van der Waals surface area contributed by atoms with E-state index >= 15 is 0 Å². The Kier molecular flexibility index (Phi) is 3.83. The third-order valence-corrected chi connectivity index (χ3v) is 4.74. The molecule has 3 rings (SSSR count). The second-order valence-electron chi connectivity index (χ2n) is 6.11. The van der Waals surface area contributed by atoms with Gasteiger partial charge < -0.3 is 15.2 Å². The first-order chi connectivity index (χ1) is 9.62. The van der Waals surface area contributed by atoms with Crippen molar-refractivity contribution < 1.29 is 9.47 Å². The minimum absolute atomic E-state index is 0.256. The first-order valence-electron chi connectivity index (χ1n) is 7.42. The molecular weight excluding hydrogens is 274 g/mol. The Morgan fingerprint density at radius 3 is 2.60 bits per heavy atom. The number of benzene rings is 1. The lowest BCUT2D eigenvalue weighted by Gasteiger charge is -2.26. The van der Waals surface area contributed by atoms with Crippen LogP contribution < -0.4 is 15.2 Å². The van der Waals surface area contributed by atoms with Crippen molar-refractivity contribution in [3.05, 3.63) is 22.7 Å². The van der Waals surface area contributed by atoms with E-state index in [0.29, 0.717) is 16.7 Å². The van der Waals surface area contributed by atoms with Crippen LogP contribution in [0.5, 0.6) is 11.5 Å². The highest BCUT2D eigenvalue weighted by molar-refractivity contribution is 6.32. The van der Waals surface area contributed by atoms with E-state index in [1.807, 2.05) is 12.1 Å². The topological polar surface area (TPSA) is 44.5 Å². The summed E-state index contributed by atoms with van der Waals surface area (Å²) in [6, 6.07) is 3.97. The van der Waals surface area contributed by atoms with Crippen LogP contribution in [0.15, 0.2) is 12.1 Å². The number of ether oxygens (including phenoxy) is 2. The highest BCUT2D eigenvalue weighted by atomic mass is 35.5. The summed E-state index contributed by atoms with van der Waals surface area (Å²) in [5, 5.41) is 0.590. The highest BCUT2D eigenvalue weighted by Crippen LogP contribution is 2.44. The van der Waals surface area contributed by atoms with Crippen LogP contribution >= 0.6 is 11.6 Å². The minimum Gasteiger partial charge on any atom is -0.491 e. The molecule has 1 aromatic rings. The summed E-state index contributed by atoms with van der Waals surface area (Å²) >= 11 is 6.35. The molecule has 2 aliphatic carbocycles. The summed E-state index contributed by atoms with van der Waals surface area (Å²) in [7, 11) is 1.62. The van der Waals surface area contributed by atoms with E-state index in [0.717, 1.165) is 30.8 Å². The maximum atomic E-state index is 6.52. The number of rotatable bonds is 5. The maximum Gasteiger partial charge on any atom is 0.179 e. The van der Waals surface area contributed by atoms with Crippen LogP contribution in [0.2, 0.25) is 5.02 Å². The van der Waals surface area contributed by atoms with Gasteiger partial charge in [-0.2, -0.15) is 0 Å². The second kappa shape index (κ2) is 5.45. The maximum absolute atomic E-state index is 6.52. The Morgan fingerprint density at radius 1 is 1.30 bits per heavy atom. The zero-order chi connectivity index (χ0) is 14.2. The fourth-order valence-corrected chi connectivity index (χ4v) is 3.24. The Bertz CT molecular complexity index is 493. The van der Waals surface area contributed by atoms with Crippen molar-refractivity contribution in [2.75, 3.05) is 13.7 Å². The Balaban J connectivity index is 1.90. The molecule has 3 nitrogen and oxygen atoms in total. The quantitative estimate of drug-likeness (QED) is 0.897. The summed E-state index contributed by atoms with van der Waals surface area (Å²) < 4.78 is 11.3. The lowest BCUT2D eigenvalue weighted by Crippen LogP contribution is -2.33. The second-order valence-corrected chi connectivity index (χ2v) is 6.51. The monoisotopic (exact) mass is 295 g/mol. The molecule has 2 N–H and O–H groups in total. The summed E-state index contributed by atoms with van der Waals surface area (Å²) in [5.41, 5.74) is 7.34. The highest BCUT2D eigenvalue weighted by Gasteiger charge is 2.33. The molecule has 0 unspecified atom stereocenters. The predicted molar refractivity (Wildman–Crippen MR) is 80.6 cm³/mol. The van der Waals surface area contributed by atoms with Crippen molar-refractivity contribution in [2.45, 2.75) is 44.1 Å². The Labute approximate surface area is 125 Å². The molecule has 4 heteroatoms. The zero-order valence-electron chi connectivity index (χ0n) is 12.0. The smallest absolute Gasteiger partial charge is 0.179 e. The van der Waals surface area contributed by atoms with Gasteiger partial charge in [0, 0.05) is 5.54 Å². The van der Waals surface area contributed by atoms with Crippen LogP contribution in [0.1, 0.15) is 44.1 Å². The molecule has 0 amide bonds. The normalized spacial score (nSPS) is 20.9. The van der Waals surface area contributed by atoms with Gasteiger partial charge in [-0.05, 0) is 49.3 Å². The standard InChI is InChI=1S/C16H22ClNO2/c1-19-15-13(17)8-12(16(18)6-2-3-7-16)9-14(15)20-10-11-4-5-11/h8-9,11H,2-7,10,18H2,1H3. The average Bonchev–Trinajstić information content (AvgIpc) is 3.16. The van der Waals surface area contributed by atoms with E-state index in [2.05, 4.69) is 0 Å². The van der Waals surface area contributed by atoms with Crippen LogP contribution in [-0.2, 0) is 5.54 Å². The SMILES string of the molecule is COc1c(Cl)cc(C2(N)CCCC2)cc1OCC1CC1. The lowest BCUT2D eigenvalue weighted by molar-refractivity contribution is 0.279. The van der Waals surface area contributed by atoms with Crippen LogP contribution in [0.3, 0.4) is 0 Å². The van der Waals surface area contributed by atoms with Crippen molar-refractivity contribution in [1.82, 2.24) is 0 Å². The van der Waals surface area contributed by atoms with Gasteiger partial charge in [-0.1, -0.05) is 24.4 Å². The van der Waals surface area contributed by atoms with Gasteiger partial charge in [-0.25, -0.2) is 0 Å². The van der Waals surface area contributed by atoms with Crippen LogP contribution in [0.4, 0.5) is 0 Å². The average molecular weight is 296 g/mol. The summed E-state index contributed by atoms with van der Waals surface area (Å²) in [4.78, 5) is 0. The van der Waals surface area contributed by atoms with Gasteiger partial charge >= 0.3 is 0 Å². The first kappa shape index (κ1) is 14.0. The van der Waals surface area contributed by atoms with Gasteiger partial charge in [0.15, 0.2) is 11.5 Å². The Morgan fingerprint density at radius 2 is 2.00 bits per heavy atom. The van der Waals surface area contributed by atoms with E-state index in [4.69, 9.17) is 26.8 Å². The van der Waals surface area contributed by atoms with E-state index in [-0.39, 0.29) is 5.54 Å². The van der Waals surface area contributed by atoms with Gasteiger partial charge in [0.25, 0.3) is 0 Å². The molecule has 110 valence electrons. The number of hydrogen-bond acceptors (Lipinski definition) is 3. The summed E-state index contributed by atoms with van der Waals surface area (Å²) in [6.07, 6.45) is 6.90. The van der Waals surface area contributed by atoms with Gasteiger partial charge in [0.1, 0.15) is 0 Å². The minimum atomic E-state index is -0.256. The van der Waals surface area contributed by atoms with Gasteiger partial charge in [-0.15, -0.1) is 0 Å². The molecule has 1 aromatic carbocycles. The summed E-state index contributed by atoms with van der Waals surface area (Å²) in [6.45, 7) is 0.744. The fraction of sp³-hybridized carbons (Fsp3) is 0.625. The number of nitrogens with two attached hydrogens (primary N) is 1. The third-order valence-electron chi connectivity index (χ3n) is 4.46. The molecule has 2 aliphatic rings. The fourth-order valence-electron chi connectivity index (χ4n) is 2.95. The van der Waals surface area contributed by atoms with Crippen molar-refractivity contribution in [1.29, 1.82) is 0 Å². The van der Waals surface area contributed by atoms with Crippen LogP contribution in [0, 0.1) is 5.92 Å². The molecule has 2 saturated carbocycles. The van der Waals surface area contributed by atoms with Crippen LogP contribution in [0.25, 0.3) is 0 Å². The summed E-state index contributed by atoms with van der Waals surface area (Å²) in [5.74, 6) is 2.05. The van der Waals surface area contributed by atoms with Gasteiger partial charge in [0.2, 0.25) is 0 Å². The predicted octanol–water partition coefficient (Wildman–Crippen LogP) is 3.87. The molecule has 0 atom stereocenters. The van der Waals surface area contributed by atoms with Crippen molar-refractivity contribution in [2.24, 2.45) is 11.7 Å². The van der Waals surface area contributed by atoms with Crippen molar-refractivity contribution in [3.8, 4) is 11.5 Å².